The summed E-state index contributed by atoms with van der Waals surface area (Å²) in [7, 11) is -1.80. The maximum atomic E-state index is 12.6. The van der Waals surface area contributed by atoms with E-state index < -0.39 is 18.8 Å². The molecule has 0 amide bonds. The molecule has 0 saturated carbocycles. The number of carbonyl (C=O) groups excluding carboxylic acids is 1. The molecule has 2 N–H and O–H groups in total. The van der Waals surface area contributed by atoms with Crippen molar-refractivity contribution in [3.8, 4) is 11.1 Å². The van der Waals surface area contributed by atoms with Crippen LogP contribution in [0.15, 0.2) is 47.3 Å². The van der Waals surface area contributed by atoms with Crippen molar-refractivity contribution in [2.75, 3.05) is 0 Å². The molecular weight excluding hydrogens is 309 g/mol. The van der Waals surface area contributed by atoms with Gasteiger partial charge in [0.2, 0.25) is 0 Å². The van der Waals surface area contributed by atoms with E-state index in [2.05, 4.69) is 0 Å². The summed E-state index contributed by atoms with van der Waals surface area (Å²) in [4.78, 5) is 12.6. The Kier molecular flexibility index (Phi) is 3.99. The van der Waals surface area contributed by atoms with Gasteiger partial charge in [0.15, 0.2) is 0 Å². The molecule has 0 spiro atoms. The fourth-order valence-corrected chi connectivity index (χ4v) is 2.62. The van der Waals surface area contributed by atoms with E-state index in [1.54, 1.807) is 57.6 Å². The van der Waals surface area contributed by atoms with Crippen LogP contribution in [0.3, 0.4) is 0 Å². The Balaban J connectivity index is 2.23. The van der Waals surface area contributed by atoms with Crippen LogP contribution in [0, 0.1) is 0 Å². The summed E-state index contributed by atoms with van der Waals surface area (Å²) in [5.41, 5.74) is 1.54. The largest absolute Gasteiger partial charge is 0.506 e. The fraction of sp³-hybridized carbons (Fsp3) is 0.235. The van der Waals surface area contributed by atoms with Gasteiger partial charge in [-0.3, -0.25) is 4.57 Å². The lowest BCUT2D eigenvalue weighted by Crippen LogP contribution is -2.40. The predicted octanol–water partition coefficient (Wildman–Crippen LogP) is 2.36. The number of aromatic nitrogens is 1. The lowest BCUT2D eigenvalue weighted by Gasteiger charge is -2.21. The zero-order valence-electron chi connectivity index (χ0n) is 13.7. The van der Waals surface area contributed by atoms with Gasteiger partial charge in [-0.1, -0.05) is 12.1 Å². The Labute approximate surface area is 139 Å². The number of hydrogen-bond acceptors (Lipinski definition) is 5. The number of fused-ring (bicyclic) bond motifs is 1. The Morgan fingerprint density at radius 3 is 2.58 bits per heavy atom. The second-order valence-corrected chi connectivity index (χ2v) is 6.51. The molecule has 2 heterocycles. The van der Waals surface area contributed by atoms with E-state index in [4.69, 9.17) is 9.15 Å². The first-order valence-corrected chi connectivity index (χ1v) is 7.54. The van der Waals surface area contributed by atoms with Gasteiger partial charge < -0.3 is 19.2 Å². The van der Waals surface area contributed by atoms with Gasteiger partial charge in [-0.25, -0.2) is 4.79 Å². The first-order chi connectivity index (χ1) is 11.3. The SMILES string of the molecule is CC(C)(C)OC(=O)n1c(B(O)O)cc2c(-c3ccoc3)cccc21. The third kappa shape index (κ3) is 2.96. The first-order valence-electron chi connectivity index (χ1n) is 7.54. The topological polar surface area (TPSA) is 84.8 Å². The number of nitrogens with zero attached hydrogens (tertiary/aromatic N) is 1. The van der Waals surface area contributed by atoms with Crippen LogP contribution in [0.2, 0.25) is 0 Å². The van der Waals surface area contributed by atoms with Crippen molar-refractivity contribution in [2.24, 2.45) is 0 Å². The minimum absolute atomic E-state index is 0.0511. The van der Waals surface area contributed by atoms with Crippen molar-refractivity contribution in [2.45, 2.75) is 26.4 Å². The molecule has 0 fully saturated rings. The summed E-state index contributed by atoms with van der Waals surface area (Å²) in [6, 6.07) is 8.77. The number of hydrogen-bond donors (Lipinski definition) is 2. The molecule has 0 aliphatic rings. The molecule has 124 valence electrons. The Bertz CT molecular complexity index is 874. The average molecular weight is 327 g/mol. The molecule has 3 rings (SSSR count). The van der Waals surface area contributed by atoms with E-state index in [9.17, 15) is 14.8 Å². The highest BCUT2D eigenvalue weighted by Crippen LogP contribution is 2.29. The highest BCUT2D eigenvalue weighted by atomic mass is 16.6. The van der Waals surface area contributed by atoms with Gasteiger partial charge in [-0.15, -0.1) is 0 Å². The standard InChI is InChI=1S/C17H18BNO5/c1-17(2,3)24-16(20)19-14-6-4-5-12(11-7-8-23-10-11)13(14)9-15(19)18(21)22/h4-10,21-22H,1-3H3. The van der Waals surface area contributed by atoms with Crippen LogP contribution >= 0.6 is 0 Å². The van der Waals surface area contributed by atoms with Crippen molar-refractivity contribution < 1.29 is 24.0 Å². The van der Waals surface area contributed by atoms with Crippen molar-refractivity contribution in [3.63, 3.8) is 0 Å². The Morgan fingerprint density at radius 2 is 2.00 bits per heavy atom. The molecule has 0 saturated heterocycles. The van der Waals surface area contributed by atoms with E-state index >= 15 is 0 Å². The number of carbonyl (C=O) groups is 1. The molecule has 3 aromatic rings. The van der Waals surface area contributed by atoms with Crippen LogP contribution in [-0.4, -0.2) is 33.4 Å². The molecule has 6 nitrogen and oxygen atoms in total. The van der Waals surface area contributed by atoms with Crippen LogP contribution < -0.4 is 5.59 Å². The molecule has 7 heteroatoms. The van der Waals surface area contributed by atoms with E-state index in [1.165, 1.54) is 4.57 Å². The second kappa shape index (κ2) is 5.85. The summed E-state index contributed by atoms with van der Waals surface area (Å²) in [6.07, 6.45) is 2.49. The van der Waals surface area contributed by atoms with Gasteiger partial charge in [0, 0.05) is 10.9 Å². The molecule has 24 heavy (non-hydrogen) atoms. The molecule has 0 unspecified atom stereocenters. The minimum atomic E-state index is -1.80. The summed E-state index contributed by atoms with van der Waals surface area (Å²) >= 11 is 0. The number of ether oxygens (including phenoxy) is 1. The van der Waals surface area contributed by atoms with Crippen molar-refractivity contribution >= 4 is 29.7 Å². The Morgan fingerprint density at radius 1 is 1.25 bits per heavy atom. The molecule has 0 radical (unpaired) electrons. The van der Waals surface area contributed by atoms with Crippen LogP contribution in [0.25, 0.3) is 22.0 Å². The smallest absolute Gasteiger partial charge is 0.472 e. The normalized spacial score (nSPS) is 11.7. The van der Waals surface area contributed by atoms with Crippen molar-refractivity contribution in [1.29, 1.82) is 0 Å². The highest BCUT2D eigenvalue weighted by molar-refractivity contribution is 6.59. The number of benzene rings is 1. The maximum Gasteiger partial charge on any atom is 0.506 e. The number of furan rings is 1. The summed E-state index contributed by atoms with van der Waals surface area (Å²) in [6.45, 7) is 5.26. The van der Waals surface area contributed by atoms with Crippen LogP contribution in [0.1, 0.15) is 20.8 Å². The van der Waals surface area contributed by atoms with Crippen LogP contribution in [-0.2, 0) is 4.74 Å². The molecule has 2 aromatic heterocycles. The molecule has 0 bridgehead atoms. The fourth-order valence-electron chi connectivity index (χ4n) is 2.62. The second-order valence-electron chi connectivity index (χ2n) is 6.51. The van der Waals surface area contributed by atoms with Gasteiger partial charge >= 0.3 is 13.2 Å². The molecule has 0 aliphatic carbocycles. The van der Waals surface area contributed by atoms with Gasteiger partial charge in [-0.2, -0.15) is 0 Å². The van der Waals surface area contributed by atoms with Crippen LogP contribution in [0.4, 0.5) is 4.79 Å². The van der Waals surface area contributed by atoms with E-state index in [1.807, 2.05) is 6.07 Å². The lowest BCUT2D eigenvalue weighted by molar-refractivity contribution is 0.0547. The van der Waals surface area contributed by atoms with Crippen molar-refractivity contribution in [3.05, 3.63) is 42.9 Å². The third-order valence-electron chi connectivity index (χ3n) is 3.55. The summed E-state index contributed by atoms with van der Waals surface area (Å²) in [5, 5.41) is 20.1. The van der Waals surface area contributed by atoms with E-state index in [0.717, 1.165) is 11.1 Å². The lowest BCUT2D eigenvalue weighted by atomic mass is 9.86. The third-order valence-corrected chi connectivity index (χ3v) is 3.55. The van der Waals surface area contributed by atoms with Gasteiger partial charge in [0.1, 0.15) is 5.60 Å². The average Bonchev–Trinajstić information content (AvgIpc) is 3.12. The van der Waals surface area contributed by atoms with Crippen molar-refractivity contribution in [1.82, 2.24) is 4.57 Å². The maximum absolute atomic E-state index is 12.6. The minimum Gasteiger partial charge on any atom is -0.472 e. The monoisotopic (exact) mass is 327 g/mol. The van der Waals surface area contributed by atoms with Gasteiger partial charge in [0.25, 0.3) is 0 Å². The summed E-state index contributed by atoms with van der Waals surface area (Å²) in [5.74, 6) is 0. The molecule has 0 atom stereocenters. The Hall–Kier alpha value is -2.51. The summed E-state index contributed by atoms with van der Waals surface area (Å²) < 4.78 is 11.7. The highest BCUT2D eigenvalue weighted by Gasteiger charge is 2.27. The van der Waals surface area contributed by atoms with Crippen LogP contribution in [0.5, 0.6) is 0 Å². The number of rotatable bonds is 2. The zero-order valence-corrected chi connectivity index (χ0v) is 13.7. The van der Waals surface area contributed by atoms with Gasteiger partial charge in [-0.05, 0) is 44.5 Å². The van der Waals surface area contributed by atoms with E-state index in [-0.39, 0.29) is 5.59 Å². The quantitative estimate of drug-likeness (QED) is 0.706. The molecule has 0 aliphatic heterocycles. The first kappa shape index (κ1) is 16.4. The van der Waals surface area contributed by atoms with E-state index in [0.29, 0.717) is 10.9 Å². The predicted molar refractivity (Wildman–Crippen MR) is 91.1 cm³/mol. The zero-order chi connectivity index (χ0) is 17.5. The molecule has 1 aromatic carbocycles. The molecular formula is C17H18BNO5. The van der Waals surface area contributed by atoms with Gasteiger partial charge in [0.05, 0.1) is 23.6 Å².